The average molecular weight is 152 g/mol. The number of Topliss-reactive ketones (excluding diaryl/α,β-unsaturated/α-hetero) is 3. The molecule has 3 heteroatoms. The van der Waals surface area contributed by atoms with Gasteiger partial charge in [0.25, 0.3) is 0 Å². The van der Waals surface area contributed by atoms with Gasteiger partial charge in [0.05, 0.1) is 6.42 Å². The molecule has 0 unspecified atom stereocenters. The van der Waals surface area contributed by atoms with Gasteiger partial charge in [-0.15, -0.1) is 0 Å². The molecule has 0 spiro atoms. The van der Waals surface area contributed by atoms with Gasteiger partial charge in [-0.2, -0.15) is 0 Å². The maximum Gasteiger partial charge on any atom is 0.225 e. The summed E-state index contributed by atoms with van der Waals surface area (Å²) in [7, 11) is 0. The van der Waals surface area contributed by atoms with E-state index in [0.29, 0.717) is 11.1 Å². The Labute approximate surface area is 64.1 Å². The second kappa shape index (κ2) is 2.42. The molecule has 0 atom stereocenters. The molecule has 0 aromatic heterocycles. The zero-order valence-corrected chi connectivity index (χ0v) is 6.43. The van der Waals surface area contributed by atoms with Crippen LogP contribution in [0.2, 0.25) is 0 Å². The van der Waals surface area contributed by atoms with Crippen LogP contribution in [0.1, 0.15) is 20.3 Å². The highest BCUT2D eigenvalue weighted by molar-refractivity contribution is 6.49. The van der Waals surface area contributed by atoms with E-state index in [-0.39, 0.29) is 12.2 Å². The van der Waals surface area contributed by atoms with Crippen molar-refractivity contribution in [2.24, 2.45) is 0 Å². The molecular weight excluding hydrogens is 144 g/mol. The third-order valence-corrected chi connectivity index (χ3v) is 1.90. The van der Waals surface area contributed by atoms with Crippen molar-refractivity contribution in [3.63, 3.8) is 0 Å². The molecule has 11 heavy (non-hydrogen) atoms. The fourth-order valence-electron chi connectivity index (χ4n) is 0.947. The zero-order valence-electron chi connectivity index (χ0n) is 6.43. The lowest BCUT2D eigenvalue weighted by molar-refractivity contribution is -0.137. The van der Waals surface area contributed by atoms with E-state index in [1.807, 2.05) is 0 Å². The minimum atomic E-state index is -0.585. The van der Waals surface area contributed by atoms with Crippen LogP contribution in [-0.4, -0.2) is 17.3 Å². The summed E-state index contributed by atoms with van der Waals surface area (Å²) >= 11 is 0. The van der Waals surface area contributed by atoms with Crippen LogP contribution in [0.5, 0.6) is 0 Å². The molecule has 0 saturated heterocycles. The first-order chi connectivity index (χ1) is 5.04. The highest BCUT2D eigenvalue weighted by Gasteiger charge is 2.27. The normalized spacial score (nSPS) is 19.6. The number of ketones is 3. The predicted molar refractivity (Wildman–Crippen MR) is 38.0 cm³/mol. The lowest BCUT2D eigenvalue weighted by Crippen LogP contribution is -2.26. The SMILES string of the molecule is CC1=C(C)C(=O)C(=O)CC1=O. The third-order valence-electron chi connectivity index (χ3n) is 1.90. The van der Waals surface area contributed by atoms with Crippen LogP contribution in [0.15, 0.2) is 11.1 Å². The molecule has 0 amide bonds. The molecule has 0 fully saturated rings. The van der Waals surface area contributed by atoms with Gasteiger partial charge in [0, 0.05) is 5.57 Å². The maximum absolute atomic E-state index is 10.9. The number of hydrogen-bond donors (Lipinski definition) is 0. The molecule has 0 aromatic carbocycles. The molecular formula is C8H8O3. The smallest absolute Gasteiger partial charge is 0.225 e. The Balaban J connectivity index is 3.18. The lowest BCUT2D eigenvalue weighted by atomic mass is 9.91. The predicted octanol–water partition coefficient (Wildman–Crippen LogP) is 0.434. The maximum atomic E-state index is 10.9. The Morgan fingerprint density at radius 2 is 1.45 bits per heavy atom. The number of rotatable bonds is 0. The number of carbonyl (C=O) groups excluding carboxylic acids is 3. The van der Waals surface area contributed by atoms with E-state index in [2.05, 4.69) is 0 Å². The molecule has 1 aliphatic rings. The van der Waals surface area contributed by atoms with E-state index in [4.69, 9.17) is 0 Å². The van der Waals surface area contributed by atoms with Crippen molar-refractivity contribution in [2.45, 2.75) is 20.3 Å². The highest BCUT2D eigenvalue weighted by Crippen LogP contribution is 2.15. The van der Waals surface area contributed by atoms with Crippen molar-refractivity contribution in [1.29, 1.82) is 0 Å². The van der Waals surface area contributed by atoms with Crippen molar-refractivity contribution in [3.05, 3.63) is 11.1 Å². The van der Waals surface area contributed by atoms with Gasteiger partial charge >= 0.3 is 0 Å². The monoisotopic (exact) mass is 152 g/mol. The van der Waals surface area contributed by atoms with Gasteiger partial charge in [0.15, 0.2) is 5.78 Å². The number of carbonyl (C=O) groups is 3. The second-order valence-corrected chi connectivity index (χ2v) is 2.60. The summed E-state index contributed by atoms with van der Waals surface area (Å²) in [4.78, 5) is 32.6. The summed E-state index contributed by atoms with van der Waals surface area (Å²) < 4.78 is 0. The fourth-order valence-corrected chi connectivity index (χ4v) is 0.947. The molecule has 0 aromatic rings. The average Bonchev–Trinajstić information content (AvgIpc) is 1.97. The van der Waals surface area contributed by atoms with Gasteiger partial charge in [-0.25, -0.2) is 0 Å². The van der Waals surface area contributed by atoms with Crippen LogP contribution in [0.4, 0.5) is 0 Å². The molecule has 58 valence electrons. The Kier molecular flexibility index (Phi) is 1.72. The van der Waals surface area contributed by atoms with Crippen LogP contribution >= 0.6 is 0 Å². The summed E-state index contributed by atoms with van der Waals surface area (Å²) in [6.45, 7) is 3.08. The van der Waals surface area contributed by atoms with Gasteiger partial charge in [-0.05, 0) is 19.4 Å². The van der Waals surface area contributed by atoms with Crippen molar-refractivity contribution < 1.29 is 14.4 Å². The Morgan fingerprint density at radius 1 is 0.909 bits per heavy atom. The van der Waals surface area contributed by atoms with Crippen LogP contribution in [0.25, 0.3) is 0 Å². The zero-order chi connectivity index (χ0) is 8.59. The molecule has 0 saturated carbocycles. The van der Waals surface area contributed by atoms with E-state index in [1.165, 1.54) is 6.92 Å². The summed E-state index contributed by atoms with van der Waals surface area (Å²) in [5.41, 5.74) is 0.723. The standard InChI is InChI=1S/C8H8O3/c1-4-5(2)8(11)7(10)3-6(4)9/h3H2,1-2H3. The summed E-state index contributed by atoms with van der Waals surface area (Å²) in [6, 6.07) is 0. The van der Waals surface area contributed by atoms with Crippen molar-refractivity contribution in [3.8, 4) is 0 Å². The summed E-state index contributed by atoms with van der Waals surface area (Å²) in [5, 5.41) is 0. The summed E-state index contributed by atoms with van der Waals surface area (Å²) in [6.07, 6.45) is -0.248. The van der Waals surface area contributed by atoms with Crippen molar-refractivity contribution in [1.82, 2.24) is 0 Å². The van der Waals surface area contributed by atoms with Gasteiger partial charge in [-0.3, -0.25) is 14.4 Å². The highest BCUT2D eigenvalue weighted by atomic mass is 16.2. The lowest BCUT2D eigenvalue weighted by Gasteiger charge is -2.09. The third kappa shape index (κ3) is 1.13. The van der Waals surface area contributed by atoms with Crippen LogP contribution in [-0.2, 0) is 14.4 Å². The van der Waals surface area contributed by atoms with Gasteiger partial charge in [0.1, 0.15) is 0 Å². The van der Waals surface area contributed by atoms with Crippen LogP contribution < -0.4 is 0 Å². The van der Waals surface area contributed by atoms with Crippen LogP contribution in [0.3, 0.4) is 0 Å². The largest absolute Gasteiger partial charge is 0.294 e. The molecule has 0 radical (unpaired) electrons. The van der Waals surface area contributed by atoms with E-state index in [1.54, 1.807) is 6.92 Å². The first-order valence-electron chi connectivity index (χ1n) is 3.32. The van der Waals surface area contributed by atoms with Gasteiger partial charge in [-0.1, -0.05) is 0 Å². The molecule has 0 aliphatic heterocycles. The first-order valence-corrected chi connectivity index (χ1v) is 3.32. The van der Waals surface area contributed by atoms with Gasteiger partial charge in [0.2, 0.25) is 11.6 Å². The quantitative estimate of drug-likeness (QED) is 0.373. The molecule has 3 nitrogen and oxygen atoms in total. The summed E-state index contributed by atoms with van der Waals surface area (Å²) in [5.74, 6) is -1.33. The van der Waals surface area contributed by atoms with Crippen molar-refractivity contribution >= 4 is 17.3 Å². The van der Waals surface area contributed by atoms with Crippen molar-refractivity contribution in [2.75, 3.05) is 0 Å². The number of hydrogen-bond acceptors (Lipinski definition) is 3. The molecule has 0 heterocycles. The Morgan fingerprint density at radius 3 is 2.00 bits per heavy atom. The Bertz CT molecular complexity index is 284. The molecule has 0 N–H and O–H groups in total. The molecule has 1 rings (SSSR count). The minimum absolute atomic E-state index is 0.230. The van der Waals surface area contributed by atoms with Gasteiger partial charge < -0.3 is 0 Å². The van der Waals surface area contributed by atoms with E-state index >= 15 is 0 Å². The minimum Gasteiger partial charge on any atom is -0.294 e. The van der Waals surface area contributed by atoms with E-state index in [0.717, 1.165) is 0 Å². The number of allylic oxidation sites excluding steroid dienone is 2. The van der Waals surface area contributed by atoms with Crippen LogP contribution in [0, 0.1) is 0 Å². The van der Waals surface area contributed by atoms with E-state index < -0.39 is 11.6 Å². The Hall–Kier alpha value is -1.25. The first kappa shape index (κ1) is 7.85. The van der Waals surface area contributed by atoms with E-state index in [9.17, 15) is 14.4 Å². The fraction of sp³-hybridized carbons (Fsp3) is 0.375. The second-order valence-electron chi connectivity index (χ2n) is 2.60. The molecule has 0 bridgehead atoms. The topological polar surface area (TPSA) is 51.2 Å². The molecule has 1 aliphatic carbocycles.